The van der Waals surface area contributed by atoms with Gasteiger partial charge in [0.2, 0.25) is 0 Å². The molecule has 59 heavy (non-hydrogen) atoms. The Bertz CT molecular complexity index is 3420. The van der Waals surface area contributed by atoms with Crippen LogP contribution in [0.1, 0.15) is 0 Å². The Morgan fingerprint density at radius 2 is 0.915 bits per heavy atom. The van der Waals surface area contributed by atoms with Crippen molar-refractivity contribution < 1.29 is 9.47 Å². The summed E-state index contributed by atoms with van der Waals surface area (Å²) in [4.78, 5) is 2.32. The summed E-state index contributed by atoms with van der Waals surface area (Å²) in [6.45, 7) is -0.113. The first-order valence-corrected chi connectivity index (χ1v) is 20.2. The molecule has 0 radical (unpaired) electrons. The van der Waals surface area contributed by atoms with Crippen molar-refractivity contribution in [1.29, 1.82) is 0 Å². The fraction of sp³-hybridized carbons (Fsp3) is 0. The van der Waals surface area contributed by atoms with Crippen molar-refractivity contribution >= 4 is 94.3 Å². The zero-order chi connectivity index (χ0) is 38.6. The first kappa shape index (κ1) is 32.3. The molecule has 13 rings (SSSR count). The van der Waals surface area contributed by atoms with Gasteiger partial charge >= 0.3 is 0 Å². The number of fused-ring (bicyclic) bond motifs is 14. The third-order valence-electron chi connectivity index (χ3n) is 12.4. The summed E-state index contributed by atoms with van der Waals surface area (Å²) in [5.41, 5.74) is 9.97. The minimum atomic E-state index is -0.113. The number of hydrogen-bond donors (Lipinski definition) is 0. The molecule has 0 fully saturated rings. The van der Waals surface area contributed by atoms with E-state index in [2.05, 4.69) is 210 Å². The van der Waals surface area contributed by atoms with E-state index >= 15 is 0 Å². The summed E-state index contributed by atoms with van der Waals surface area (Å²) in [6, 6.07) is 71.6. The minimum Gasteiger partial charge on any atom is -0.458 e. The average Bonchev–Trinajstić information content (AvgIpc) is 3.64. The molecule has 274 valence electrons. The lowest BCUT2D eigenvalue weighted by Gasteiger charge is -2.35. The second-order valence-electron chi connectivity index (χ2n) is 15.6. The maximum Gasteiger partial charge on any atom is 0.262 e. The Hall–Kier alpha value is -7.76. The van der Waals surface area contributed by atoms with Crippen molar-refractivity contribution in [2.45, 2.75) is 0 Å². The highest BCUT2D eigenvalue weighted by atomic mass is 16.5. The van der Waals surface area contributed by atoms with E-state index in [1.807, 2.05) is 0 Å². The van der Waals surface area contributed by atoms with Crippen LogP contribution in [0.25, 0.3) is 59.8 Å². The Morgan fingerprint density at radius 3 is 1.58 bits per heavy atom. The lowest BCUT2D eigenvalue weighted by molar-refractivity contribution is 0.468. The van der Waals surface area contributed by atoms with Crippen molar-refractivity contribution in [2.75, 3.05) is 4.90 Å². The van der Waals surface area contributed by atoms with Crippen molar-refractivity contribution in [2.24, 2.45) is 0 Å². The molecule has 10 aromatic carbocycles. The van der Waals surface area contributed by atoms with Crippen LogP contribution in [0, 0.1) is 0 Å². The molecule has 0 atom stereocenters. The van der Waals surface area contributed by atoms with Crippen LogP contribution in [0.3, 0.4) is 0 Å². The first-order chi connectivity index (χ1) is 29.3. The number of benzene rings is 10. The van der Waals surface area contributed by atoms with Gasteiger partial charge in [0.05, 0.1) is 11.0 Å². The van der Waals surface area contributed by atoms with Crippen LogP contribution in [-0.4, -0.2) is 11.3 Å². The van der Waals surface area contributed by atoms with E-state index in [0.717, 1.165) is 83.8 Å². The zero-order valence-corrected chi connectivity index (χ0v) is 31.8. The van der Waals surface area contributed by atoms with Crippen molar-refractivity contribution in [3.05, 3.63) is 200 Å². The van der Waals surface area contributed by atoms with Crippen LogP contribution in [0.4, 0.5) is 17.1 Å². The van der Waals surface area contributed by atoms with Crippen LogP contribution in [0.2, 0.25) is 0 Å². The number of rotatable bonds is 4. The Balaban J connectivity index is 1.13. The topological polar surface area (TPSA) is 26.6 Å². The molecule has 0 unspecified atom stereocenters. The number of para-hydroxylation sites is 3. The minimum absolute atomic E-state index is 0.113. The quantitative estimate of drug-likeness (QED) is 0.168. The van der Waals surface area contributed by atoms with Gasteiger partial charge in [0.25, 0.3) is 6.71 Å². The number of anilines is 3. The molecule has 4 nitrogen and oxygen atoms in total. The van der Waals surface area contributed by atoms with Crippen LogP contribution in [-0.2, 0) is 0 Å². The summed E-state index contributed by atoms with van der Waals surface area (Å²) in [5.74, 6) is 3.44. The Kier molecular flexibility index (Phi) is 6.78. The van der Waals surface area contributed by atoms with Gasteiger partial charge in [-0.25, -0.2) is 0 Å². The van der Waals surface area contributed by atoms with Gasteiger partial charge in [0, 0.05) is 44.4 Å². The average molecular weight is 753 g/mol. The Labute approximate surface area is 340 Å². The van der Waals surface area contributed by atoms with E-state index in [0.29, 0.717) is 0 Å². The molecule has 0 aliphatic carbocycles. The molecule has 0 N–H and O–H groups in total. The predicted octanol–water partition coefficient (Wildman–Crippen LogP) is 12.4. The van der Waals surface area contributed by atoms with Gasteiger partial charge in [0.15, 0.2) is 5.75 Å². The number of aromatic nitrogens is 1. The van der Waals surface area contributed by atoms with Gasteiger partial charge < -0.3 is 18.9 Å². The second-order valence-corrected chi connectivity index (χ2v) is 15.6. The normalized spacial score (nSPS) is 12.6. The predicted molar refractivity (Wildman–Crippen MR) is 246 cm³/mol. The summed E-state index contributed by atoms with van der Waals surface area (Å²) >= 11 is 0. The monoisotopic (exact) mass is 752 g/mol. The maximum atomic E-state index is 7.32. The second kappa shape index (κ2) is 12.4. The summed E-state index contributed by atoms with van der Waals surface area (Å²) in [5, 5.41) is 9.31. The van der Waals surface area contributed by atoms with Crippen molar-refractivity contribution in [1.82, 2.24) is 4.57 Å². The molecule has 0 amide bonds. The fourth-order valence-corrected chi connectivity index (χ4v) is 9.96. The van der Waals surface area contributed by atoms with Crippen LogP contribution in [0.15, 0.2) is 200 Å². The van der Waals surface area contributed by atoms with Crippen molar-refractivity contribution in [3.63, 3.8) is 0 Å². The highest BCUT2D eigenvalue weighted by molar-refractivity contribution is 7.01. The van der Waals surface area contributed by atoms with E-state index in [9.17, 15) is 0 Å². The highest BCUT2D eigenvalue weighted by Crippen LogP contribution is 2.47. The molecule has 2 aliphatic heterocycles. The molecule has 3 heterocycles. The largest absolute Gasteiger partial charge is 0.458 e. The molecule has 11 aromatic rings. The van der Waals surface area contributed by atoms with E-state index in [1.54, 1.807) is 0 Å². The molecule has 0 bridgehead atoms. The lowest BCUT2D eigenvalue weighted by Crippen LogP contribution is -2.58. The van der Waals surface area contributed by atoms with Crippen LogP contribution in [0.5, 0.6) is 23.0 Å². The molecule has 1 aromatic heterocycles. The number of nitrogens with zero attached hydrogens (tertiary/aromatic N) is 2. The van der Waals surface area contributed by atoms with E-state index in [1.165, 1.54) is 32.5 Å². The third-order valence-corrected chi connectivity index (χ3v) is 12.4. The molecule has 0 saturated heterocycles. The maximum absolute atomic E-state index is 7.32. The van der Waals surface area contributed by atoms with Gasteiger partial charge in [-0.15, -0.1) is 0 Å². The number of hydrogen-bond acceptors (Lipinski definition) is 3. The fourth-order valence-electron chi connectivity index (χ4n) is 9.96. The molecule has 2 aliphatic rings. The Morgan fingerprint density at radius 1 is 0.356 bits per heavy atom. The standard InChI is InChI=1S/C54H33BN2O2/c1-4-16-37(17-5-1)56(38-18-6-2-7-19-38)40-27-29-43-36(32-40)24-28-44-45-33-48-51-54(53(45)57(52(43)44)39-20-8-3-9-21-39)59-47-31-26-35-15-11-13-23-42(35)50(47)55(51)49-41-22-12-10-14-34(41)25-30-46(49)58-48/h1-33H. The van der Waals surface area contributed by atoms with Gasteiger partial charge in [-0.3, -0.25) is 0 Å². The van der Waals surface area contributed by atoms with Crippen LogP contribution >= 0.6 is 0 Å². The summed E-state index contributed by atoms with van der Waals surface area (Å²) < 4.78 is 16.8. The molecule has 0 spiro atoms. The summed E-state index contributed by atoms with van der Waals surface area (Å²) in [6.07, 6.45) is 0. The van der Waals surface area contributed by atoms with E-state index < -0.39 is 0 Å². The van der Waals surface area contributed by atoms with Gasteiger partial charge in [0.1, 0.15) is 17.2 Å². The zero-order valence-electron chi connectivity index (χ0n) is 31.8. The summed E-state index contributed by atoms with van der Waals surface area (Å²) in [7, 11) is 0. The van der Waals surface area contributed by atoms with Gasteiger partial charge in [-0.2, -0.15) is 0 Å². The van der Waals surface area contributed by atoms with Gasteiger partial charge in [-0.05, 0) is 105 Å². The molecule has 0 saturated carbocycles. The molecule has 5 heteroatoms. The lowest BCUT2D eigenvalue weighted by atomic mass is 9.33. The first-order valence-electron chi connectivity index (χ1n) is 20.2. The third kappa shape index (κ3) is 4.67. The van der Waals surface area contributed by atoms with Gasteiger partial charge in [-0.1, -0.05) is 133 Å². The van der Waals surface area contributed by atoms with E-state index in [4.69, 9.17) is 9.47 Å². The van der Waals surface area contributed by atoms with Crippen molar-refractivity contribution in [3.8, 4) is 28.7 Å². The number of ether oxygens (including phenoxy) is 2. The highest BCUT2D eigenvalue weighted by Gasteiger charge is 2.44. The van der Waals surface area contributed by atoms with Crippen LogP contribution < -0.4 is 30.8 Å². The molecular weight excluding hydrogens is 719 g/mol. The van der Waals surface area contributed by atoms with E-state index in [-0.39, 0.29) is 6.71 Å². The molecular formula is C54H33BN2O2. The smallest absolute Gasteiger partial charge is 0.262 e. The SMILES string of the molecule is c1ccc(N(c2ccccc2)c2ccc3c(ccc4c5cc6c7c(c5n(-c5ccccc5)c34)Oc3ccc4ccccc4c3B7c3c(ccc4ccccc34)O6)c2)cc1.